The van der Waals surface area contributed by atoms with Crippen LogP contribution in [0.1, 0.15) is 0 Å². The number of nitro benzene ring substituents is 1. The standard InChI is InChI=1S/C6H4ClFN2O2/c7-3-1-4(9)6(8)5(2-3)10(11)12/h1-2H,9H2. The number of hydrogen-bond acceptors (Lipinski definition) is 3. The Hall–Kier alpha value is -1.36. The summed E-state index contributed by atoms with van der Waals surface area (Å²) in [4.78, 5) is 9.30. The Morgan fingerprint density at radius 1 is 1.58 bits per heavy atom. The number of benzene rings is 1. The summed E-state index contributed by atoms with van der Waals surface area (Å²) in [6, 6.07) is 2.02. The van der Waals surface area contributed by atoms with Crippen molar-refractivity contribution in [1.29, 1.82) is 0 Å². The predicted molar refractivity (Wildman–Crippen MR) is 42.5 cm³/mol. The lowest BCUT2D eigenvalue weighted by molar-refractivity contribution is -0.387. The van der Waals surface area contributed by atoms with E-state index in [-0.39, 0.29) is 10.7 Å². The molecule has 0 fully saturated rings. The zero-order chi connectivity index (χ0) is 9.30. The third-order valence-corrected chi connectivity index (χ3v) is 1.46. The molecular weight excluding hydrogens is 187 g/mol. The highest BCUT2D eigenvalue weighted by Gasteiger charge is 2.17. The molecule has 1 rings (SSSR count). The van der Waals surface area contributed by atoms with E-state index >= 15 is 0 Å². The van der Waals surface area contributed by atoms with Crippen LogP contribution in [-0.4, -0.2) is 4.92 Å². The number of nitrogens with zero attached hydrogens (tertiary/aromatic N) is 1. The van der Waals surface area contributed by atoms with Gasteiger partial charge in [0, 0.05) is 11.1 Å². The van der Waals surface area contributed by atoms with Crippen molar-refractivity contribution in [3.63, 3.8) is 0 Å². The van der Waals surface area contributed by atoms with E-state index < -0.39 is 16.4 Å². The third-order valence-electron chi connectivity index (χ3n) is 1.24. The van der Waals surface area contributed by atoms with Crippen molar-refractivity contribution < 1.29 is 9.31 Å². The van der Waals surface area contributed by atoms with Gasteiger partial charge in [-0.25, -0.2) is 0 Å². The first-order valence-electron chi connectivity index (χ1n) is 2.91. The Bertz CT molecular complexity index is 343. The maximum Gasteiger partial charge on any atom is 0.308 e. The molecule has 0 aromatic heterocycles. The molecule has 0 atom stereocenters. The van der Waals surface area contributed by atoms with Gasteiger partial charge in [0.15, 0.2) is 0 Å². The second kappa shape index (κ2) is 2.94. The summed E-state index contributed by atoms with van der Waals surface area (Å²) in [5, 5.41) is 10.2. The van der Waals surface area contributed by atoms with Gasteiger partial charge in [-0.2, -0.15) is 4.39 Å². The molecule has 0 bridgehead atoms. The Labute approximate surface area is 71.9 Å². The van der Waals surface area contributed by atoms with E-state index in [1.54, 1.807) is 0 Å². The summed E-state index contributed by atoms with van der Waals surface area (Å²) in [6.07, 6.45) is 0. The molecular formula is C6H4ClFN2O2. The minimum Gasteiger partial charge on any atom is -0.396 e. The molecule has 0 unspecified atom stereocenters. The van der Waals surface area contributed by atoms with Gasteiger partial charge in [0.05, 0.1) is 10.6 Å². The van der Waals surface area contributed by atoms with E-state index in [0.29, 0.717) is 0 Å². The molecule has 0 saturated carbocycles. The molecule has 1 aromatic carbocycles. The average molecular weight is 191 g/mol. The van der Waals surface area contributed by atoms with Crippen molar-refractivity contribution >= 4 is 23.0 Å². The lowest BCUT2D eigenvalue weighted by Gasteiger charge is -1.97. The van der Waals surface area contributed by atoms with Crippen molar-refractivity contribution in [2.75, 3.05) is 5.73 Å². The first-order chi connectivity index (χ1) is 5.52. The lowest BCUT2D eigenvalue weighted by atomic mass is 10.3. The number of nitrogen functional groups attached to an aromatic ring is 1. The topological polar surface area (TPSA) is 69.2 Å². The van der Waals surface area contributed by atoms with Crippen molar-refractivity contribution in [1.82, 2.24) is 0 Å². The van der Waals surface area contributed by atoms with Crippen LogP contribution < -0.4 is 5.73 Å². The molecule has 4 nitrogen and oxygen atoms in total. The first-order valence-corrected chi connectivity index (χ1v) is 3.29. The van der Waals surface area contributed by atoms with E-state index in [1.165, 1.54) is 0 Å². The molecule has 0 aliphatic rings. The van der Waals surface area contributed by atoms with Crippen LogP contribution in [0, 0.1) is 15.9 Å². The van der Waals surface area contributed by atoms with Gasteiger partial charge in [-0.05, 0) is 6.07 Å². The zero-order valence-electron chi connectivity index (χ0n) is 5.75. The number of halogens is 2. The van der Waals surface area contributed by atoms with Crippen LogP contribution in [0.2, 0.25) is 5.02 Å². The van der Waals surface area contributed by atoms with Gasteiger partial charge in [0.2, 0.25) is 5.82 Å². The number of anilines is 1. The minimum absolute atomic E-state index is 0.0422. The third kappa shape index (κ3) is 1.45. The van der Waals surface area contributed by atoms with Crippen LogP contribution in [0.25, 0.3) is 0 Å². The van der Waals surface area contributed by atoms with Crippen LogP contribution in [0.5, 0.6) is 0 Å². The number of nitrogens with two attached hydrogens (primary N) is 1. The quantitative estimate of drug-likeness (QED) is 0.418. The molecule has 12 heavy (non-hydrogen) atoms. The smallest absolute Gasteiger partial charge is 0.308 e. The Morgan fingerprint density at radius 2 is 2.17 bits per heavy atom. The Morgan fingerprint density at radius 3 is 2.67 bits per heavy atom. The largest absolute Gasteiger partial charge is 0.396 e. The van der Waals surface area contributed by atoms with E-state index in [2.05, 4.69) is 0 Å². The summed E-state index contributed by atoms with van der Waals surface area (Å²) < 4.78 is 12.8. The molecule has 6 heteroatoms. The van der Waals surface area contributed by atoms with Gasteiger partial charge < -0.3 is 5.73 Å². The van der Waals surface area contributed by atoms with E-state index in [0.717, 1.165) is 12.1 Å². The van der Waals surface area contributed by atoms with Crippen molar-refractivity contribution in [3.8, 4) is 0 Å². The average Bonchev–Trinajstić information content (AvgIpc) is 1.96. The minimum atomic E-state index is -1.05. The normalized spacial score (nSPS) is 9.83. The van der Waals surface area contributed by atoms with Gasteiger partial charge >= 0.3 is 5.69 Å². The molecule has 0 heterocycles. The Kier molecular flexibility index (Phi) is 2.14. The molecule has 64 valence electrons. The van der Waals surface area contributed by atoms with Gasteiger partial charge in [-0.1, -0.05) is 11.6 Å². The maximum absolute atomic E-state index is 12.8. The SMILES string of the molecule is Nc1cc(Cl)cc([N+](=O)[O-])c1F. The lowest BCUT2D eigenvalue weighted by Crippen LogP contribution is -1.97. The fourth-order valence-electron chi connectivity index (χ4n) is 0.728. The molecule has 0 saturated heterocycles. The first kappa shape index (κ1) is 8.73. The zero-order valence-corrected chi connectivity index (χ0v) is 6.51. The molecule has 2 N–H and O–H groups in total. The van der Waals surface area contributed by atoms with E-state index in [1.807, 2.05) is 0 Å². The summed E-state index contributed by atoms with van der Waals surface area (Å²) in [6.45, 7) is 0. The van der Waals surface area contributed by atoms with Gasteiger partial charge in [-0.3, -0.25) is 10.1 Å². The van der Waals surface area contributed by atoms with Crippen LogP contribution in [-0.2, 0) is 0 Å². The highest BCUT2D eigenvalue weighted by Crippen LogP contribution is 2.26. The fourth-order valence-corrected chi connectivity index (χ4v) is 0.949. The second-order valence-electron chi connectivity index (χ2n) is 2.09. The monoisotopic (exact) mass is 190 g/mol. The number of rotatable bonds is 1. The summed E-state index contributed by atoms with van der Waals surface area (Å²) in [7, 11) is 0. The Balaban J connectivity index is 3.37. The molecule has 0 spiro atoms. The molecule has 1 aromatic rings. The van der Waals surface area contributed by atoms with Crippen molar-refractivity contribution in [2.24, 2.45) is 0 Å². The predicted octanol–water partition coefficient (Wildman–Crippen LogP) is 1.97. The van der Waals surface area contributed by atoms with Gasteiger partial charge in [0.25, 0.3) is 0 Å². The highest BCUT2D eigenvalue weighted by molar-refractivity contribution is 6.31. The van der Waals surface area contributed by atoms with Crippen LogP contribution >= 0.6 is 11.6 Å². The van der Waals surface area contributed by atoms with Crippen molar-refractivity contribution in [3.05, 3.63) is 33.1 Å². The fraction of sp³-hybridized carbons (Fsp3) is 0. The maximum atomic E-state index is 12.8. The molecule has 0 aliphatic carbocycles. The van der Waals surface area contributed by atoms with E-state index in [9.17, 15) is 14.5 Å². The molecule has 0 radical (unpaired) electrons. The van der Waals surface area contributed by atoms with Gasteiger partial charge in [-0.15, -0.1) is 0 Å². The van der Waals surface area contributed by atoms with E-state index in [4.69, 9.17) is 17.3 Å². The van der Waals surface area contributed by atoms with Crippen LogP contribution in [0.4, 0.5) is 15.8 Å². The molecule has 0 aliphatic heterocycles. The summed E-state index contributed by atoms with van der Waals surface area (Å²) in [5.41, 5.74) is 4.06. The van der Waals surface area contributed by atoms with Crippen molar-refractivity contribution in [2.45, 2.75) is 0 Å². The summed E-state index contributed by atoms with van der Waals surface area (Å²) in [5.74, 6) is -1.05. The molecule has 0 amide bonds. The second-order valence-corrected chi connectivity index (χ2v) is 2.52. The summed E-state index contributed by atoms with van der Waals surface area (Å²) >= 11 is 5.42. The van der Waals surface area contributed by atoms with Crippen LogP contribution in [0.15, 0.2) is 12.1 Å². The van der Waals surface area contributed by atoms with Crippen LogP contribution in [0.3, 0.4) is 0 Å². The number of nitro groups is 1. The number of hydrogen-bond donors (Lipinski definition) is 1. The van der Waals surface area contributed by atoms with Gasteiger partial charge in [0.1, 0.15) is 0 Å². The highest BCUT2D eigenvalue weighted by atomic mass is 35.5.